The van der Waals surface area contributed by atoms with Gasteiger partial charge in [0.25, 0.3) is 0 Å². The molecule has 3 atom stereocenters. The fourth-order valence-electron chi connectivity index (χ4n) is 3.47. The molecular weight excluding hydrogens is 276 g/mol. The molecule has 6 heteroatoms. The van der Waals surface area contributed by atoms with Gasteiger partial charge in [0.2, 0.25) is 0 Å². The molecule has 0 radical (unpaired) electrons. The Kier molecular flexibility index (Phi) is 3.80. The maximum absolute atomic E-state index is 13.6. The number of likely N-dealkylation sites (tertiary alicyclic amines) is 1. The van der Waals surface area contributed by atoms with Crippen LogP contribution in [0.5, 0.6) is 0 Å². The van der Waals surface area contributed by atoms with Crippen LogP contribution in [0.3, 0.4) is 0 Å². The lowest BCUT2D eigenvalue weighted by atomic mass is 9.78. The van der Waals surface area contributed by atoms with Crippen molar-refractivity contribution in [1.29, 1.82) is 0 Å². The quantitative estimate of drug-likeness (QED) is 0.836. The van der Waals surface area contributed by atoms with Gasteiger partial charge in [-0.3, -0.25) is 0 Å². The number of hydrogen-bond acceptors (Lipinski definition) is 2. The average Bonchev–Trinajstić information content (AvgIpc) is 2.87. The number of halogens is 2. The molecule has 1 saturated carbocycles. The highest BCUT2D eigenvalue weighted by Gasteiger charge is 2.40. The average molecular weight is 295 g/mol. The highest BCUT2D eigenvalue weighted by atomic mass is 19.1. The summed E-state index contributed by atoms with van der Waals surface area (Å²) in [5.41, 5.74) is 6.12. The lowest BCUT2D eigenvalue weighted by molar-refractivity contribution is 0.219. The summed E-state index contributed by atoms with van der Waals surface area (Å²) in [7, 11) is 0. The van der Waals surface area contributed by atoms with Crippen molar-refractivity contribution in [3.05, 3.63) is 29.8 Å². The Labute approximate surface area is 122 Å². The summed E-state index contributed by atoms with van der Waals surface area (Å²) in [6.07, 6.45) is 3.20. The van der Waals surface area contributed by atoms with Gasteiger partial charge in [-0.15, -0.1) is 0 Å². The molecular formula is C15H19F2N3O. The molecule has 2 amide bonds. The molecule has 3 rings (SSSR count). The summed E-state index contributed by atoms with van der Waals surface area (Å²) in [5.74, 6) is -0.652. The predicted octanol–water partition coefficient (Wildman–Crippen LogP) is 2.56. The summed E-state index contributed by atoms with van der Waals surface area (Å²) in [6, 6.07) is 2.91. The molecule has 1 heterocycles. The molecule has 1 aliphatic heterocycles. The van der Waals surface area contributed by atoms with E-state index < -0.39 is 11.6 Å². The van der Waals surface area contributed by atoms with Crippen LogP contribution in [0, 0.1) is 23.5 Å². The number of rotatable bonds is 1. The Bertz CT molecular complexity index is 552. The smallest absolute Gasteiger partial charge is 0.321 e. The van der Waals surface area contributed by atoms with Gasteiger partial charge in [0, 0.05) is 25.2 Å². The van der Waals surface area contributed by atoms with Gasteiger partial charge in [0.1, 0.15) is 11.6 Å². The second-order valence-electron chi connectivity index (χ2n) is 5.98. The minimum atomic E-state index is -0.767. The third kappa shape index (κ3) is 2.85. The number of nitrogens with two attached hydrogens (primary N) is 1. The molecule has 1 saturated heterocycles. The molecule has 21 heavy (non-hydrogen) atoms. The molecule has 114 valence electrons. The number of fused-ring (bicyclic) bond motifs is 1. The zero-order valence-corrected chi connectivity index (χ0v) is 11.7. The van der Waals surface area contributed by atoms with Crippen LogP contribution in [0.1, 0.15) is 19.3 Å². The van der Waals surface area contributed by atoms with Crippen molar-refractivity contribution >= 4 is 11.7 Å². The number of amides is 2. The van der Waals surface area contributed by atoms with Gasteiger partial charge >= 0.3 is 6.03 Å². The molecule has 1 aromatic carbocycles. The van der Waals surface area contributed by atoms with Crippen molar-refractivity contribution in [2.45, 2.75) is 25.3 Å². The molecule has 0 bridgehead atoms. The maximum atomic E-state index is 13.6. The molecule has 4 nitrogen and oxygen atoms in total. The van der Waals surface area contributed by atoms with Crippen molar-refractivity contribution in [3.63, 3.8) is 0 Å². The number of anilines is 1. The second kappa shape index (κ2) is 5.60. The minimum Gasteiger partial charge on any atom is -0.327 e. The SMILES string of the molecule is NC1CCCC2CN(C(=O)Nc3ccc(F)cc3F)CC12. The zero-order valence-electron chi connectivity index (χ0n) is 11.7. The lowest BCUT2D eigenvalue weighted by Crippen LogP contribution is -2.39. The van der Waals surface area contributed by atoms with E-state index in [4.69, 9.17) is 5.73 Å². The van der Waals surface area contributed by atoms with Crippen LogP contribution in [0.25, 0.3) is 0 Å². The summed E-state index contributed by atoms with van der Waals surface area (Å²) in [6.45, 7) is 1.27. The third-order valence-electron chi connectivity index (χ3n) is 4.61. The van der Waals surface area contributed by atoms with Crippen LogP contribution < -0.4 is 11.1 Å². The van der Waals surface area contributed by atoms with Gasteiger partial charge in [0.05, 0.1) is 5.69 Å². The highest BCUT2D eigenvalue weighted by Crippen LogP contribution is 2.35. The zero-order chi connectivity index (χ0) is 15.0. The van der Waals surface area contributed by atoms with Gasteiger partial charge in [-0.1, -0.05) is 6.42 Å². The van der Waals surface area contributed by atoms with E-state index >= 15 is 0 Å². The highest BCUT2D eigenvalue weighted by molar-refractivity contribution is 5.89. The van der Waals surface area contributed by atoms with E-state index in [1.54, 1.807) is 4.90 Å². The number of urea groups is 1. The summed E-state index contributed by atoms with van der Waals surface area (Å²) in [5, 5.41) is 2.51. The van der Waals surface area contributed by atoms with Gasteiger partial charge in [-0.25, -0.2) is 13.6 Å². The monoisotopic (exact) mass is 295 g/mol. The standard InChI is InChI=1S/C15H19F2N3O/c16-10-4-5-14(12(17)6-10)19-15(21)20-7-9-2-1-3-13(18)11(9)8-20/h4-6,9,11,13H,1-3,7-8,18H2,(H,19,21). The molecule has 1 aliphatic carbocycles. The molecule has 0 spiro atoms. The molecule has 3 unspecified atom stereocenters. The van der Waals surface area contributed by atoms with Crippen LogP contribution in [0.15, 0.2) is 18.2 Å². The predicted molar refractivity (Wildman–Crippen MR) is 75.8 cm³/mol. The van der Waals surface area contributed by atoms with Crippen molar-refractivity contribution < 1.29 is 13.6 Å². The Morgan fingerprint density at radius 1 is 1.29 bits per heavy atom. The van der Waals surface area contributed by atoms with Crippen LogP contribution >= 0.6 is 0 Å². The van der Waals surface area contributed by atoms with Gasteiger partial charge in [-0.05, 0) is 36.8 Å². The van der Waals surface area contributed by atoms with Crippen molar-refractivity contribution in [2.75, 3.05) is 18.4 Å². The summed E-state index contributed by atoms with van der Waals surface area (Å²) >= 11 is 0. The first-order valence-electron chi connectivity index (χ1n) is 7.31. The van der Waals surface area contributed by atoms with Crippen molar-refractivity contribution in [2.24, 2.45) is 17.6 Å². The van der Waals surface area contributed by atoms with E-state index in [1.807, 2.05) is 0 Å². The molecule has 1 aromatic rings. The van der Waals surface area contributed by atoms with Gasteiger partial charge in [-0.2, -0.15) is 0 Å². The number of nitrogens with one attached hydrogen (secondary N) is 1. The lowest BCUT2D eigenvalue weighted by Gasteiger charge is -2.29. The Hall–Kier alpha value is -1.69. The Morgan fingerprint density at radius 2 is 2.10 bits per heavy atom. The number of carbonyl (C=O) groups is 1. The van der Waals surface area contributed by atoms with Crippen LogP contribution in [-0.2, 0) is 0 Å². The van der Waals surface area contributed by atoms with Gasteiger partial charge in [0.15, 0.2) is 0 Å². The third-order valence-corrected chi connectivity index (χ3v) is 4.61. The fourth-order valence-corrected chi connectivity index (χ4v) is 3.47. The first-order valence-corrected chi connectivity index (χ1v) is 7.31. The largest absolute Gasteiger partial charge is 0.327 e. The van der Waals surface area contributed by atoms with E-state index in [-0.39, 0.29) is 17.8 Å². The maximum Gasteiger partial charge on any atom is 0.321 e. The first kappa shape index (κ1) is 14.3. The first-order chi connectivity index (χ1) is 10.0. The topological polar surface area (TPSA) is 58.4 Å². The van der Waals surface area contributed by atoms with E-state index in [2.05, 4.69) is 5.32 Å². The van der Waals surface area contributed by atoms with Crippen LogP contribution in [-0.4, -0.2) is 30.1 Å². The van der Waals surface area contributed by atoms with E-state index in [0.717, 1.165) is 31.4 Å². The van der Waals surface area contributed by atoms with E-state index in [0.29, 0.717) is 24.9 Å². The summed E-state index contributed by atoms with van der Waals surface area (Å²) in [4.78, 5) is 13.9. The fraction of sp³-hybridized carbons (Fsp3) is 0.533. The molecule has 2 fully saturated rings. The number of carbonyl (C=O) groups excluding carboxylic acids is 1. The normalized spacial score (nSPS) is 28.3. The van der Waals surface area contributed by atoms with E-state index in [1.165, 1.54) is 6.07 Å². The Morgan fingerprint density at radius 3 is 2.81 bits per heavy atom. The van der Waals surface area contributed by atoms with Gasteiger partial charge < -0.3 is 16.0 Å². The number of nitrogens with zero attached hydrogens (tertiary/aromatic N) is 1. The number of hydrogen-bond donors (Lipinski definition) is 2. The minimum absolute atomic E-state index is 0.000528. The molecule has 3 N–H and O–H groups in total. The molecule has 2 aliphatic rings. The number of benzene rings is 1. The van der Waals surface area contributed by atoms with Crippen LogP contribution in [0.2, 0.25) is 0 Å². The van der Waals surface area contributed by atoms with Crippen molar-refractivity contribution in [3.8, 4) is 0 Å². The van der Waals surface area contributed by atoms with Crippen molar-refractivity contribution in [1.82, 2.24) is 4.90 Å². The molecule has 0 aromatic heterocycles. The van der Waals surface area contributed by atoms with E-state index in [9.17, 15) is 13.6 Å². The second-order valence-corrected chi connectivity index (χ2v) is 5.98. The Balaban J connectivity index is 1.66. The summed E-state index contributed by atoms with van der Waals surface area (Å²) < 4.78 is 26.4. The van der Waals surface area contributed by atoms with Crippen LogP contribution in [0.4, 0.5) is 19.3 Å².